The molecule has 4 rings (SSSR count). The molecule has 0 unspecified atom stereocenters. The Morgan fingerprint density at radius 2 is 1.62 bits per heavy atom. The van der Waals surface area contributed by atoms with Crippen LogP contribution < -0.4 is 14.8 Å². The number of aromatic carboxylic acids is 1. The van der Waals surface area contributed by atoms with E-state index < -0.39 is 5.97 Å². The van der Waals surface area contributed by atoms with Crippen LogP contribution in [0.15, 0.2) is 59.0 Å². The van der Waals surface area contributed by atoms with Crippen molar-refractivity contribution in [2.45, 2.75) is 34.6 Å². The number of nitrogens with zero attached hydrogens (tertiary/aromatic N) is 2. The van der Waals surface area contributed by atoms with Gasteiger partial charge in [-0.05, 0) is 64.4 Å². The Kier molecular flexibility index (Phi) is 6.73. The van der Waals surface area contributed by atoms with Crippen molar-refractivity contribution in [1.29, 1.82) is 0 Å². The molecule has 1 aliphatic carbocycles. The van der Waals surface area contributed by atoms with Crippen LogP contribution in [0.4, 0.5) is 5.69 Å². The topological polar surface area (TPSA) is 56.7 Å². The van der Waals surface area contributed by atoms with Gasteiger partial charge < -0.3 is 14.4 Å². The smallest absolute Gasteiger partial charge is 0.336 e. The molecule has 2 aromatic rings. The summed E-state index contributed by atoms with van der Waals surface area (Å²) in [6, 6.07) is 18.1. The predicted octanol–water partition coefficient (Wildman–Crippen LogP) is 5.87. The number of hydrogen-bond donors (Lipinski definition) is 1. The summed E-state index contributed by atoms with van der Waals surface area (Å²) < 4.78 is 8.77. The maximum absolute atomic E-state index is 12.2. The molecule has 1 N–H and O–H groups in total. The number of fused-ring (bicyclic) bond motifs is 2. The van der Waals surface area contributed by atoms with Crippen molar-refractivity contribution in [3.63, 3.8) is 0 Å². The van der Waals surface area contributed by atoms with E-state index in [0.29, 0.717) is 11.1 Å². The number of benzene rings is 3. The molecule has 0 radical (unpaired) electrons. The fraction of sp³-hybridized carbons (Fsp3) is 0.310. The van der Waals surface area contributed by atoms with E-state index in [2.05, 4.69) is 73.6 Å². The van der Waals surface area contributed by atoms with E-state index in [-0.39, 0.29) is 0 Å². The molecule has 0 amide bonds. The van der Waals surface area contributed by atoms with Crippen LogP contribution >= 0.6 is 0 Å². The minimum absolute atomic E-state index is 0.300. The molecule has 1 aliphatic heterocycles. The predicted molar refractivity (Wildman–Crippen MR) is 140 cm³/mol. The van der Waals surface area contributed by atoms with Crippen molar-refractivity contribution in [3.8, 4) is 22.5 Å². The third-order valence-corrected chi connectivity index (χ3v) is 6.62. The van der Waals surface area contributed by atoms with Gasteiger partial charge in [-0.25, -0.2) is 9.37 Å². The third kappa shape index (κ3) is 4.18. The van der Waals surface area contributed by atoms with Gasteiger partial charge in [0, 0.05) is 47.4 Å². The second-order valence-electron chi connectivity index (χ2n) is 8.54. The van der Waals surface area contributed by atoms with Crippen molar-refractivity contribution in [2.24, 2.45) is 0 Å². The van der Waals surface area contributed by atoms with Crippen LogP contribution in [0.1, 0.15) is 43.6 Å². The average molecular weight is 458 g/mol. The second kappa shape index (κ2) is 9.72. The van der Waals surface area contributed by atoms with Gasteiger partial charge in [0.15, 0.2) is 0 Å². The van der Waals surface area contributed by atoms with Gasteiger partial charge in [-0.1, -0.05) is 17.7 Å². The molecule has 0 fully saturated rings. The minimum Gasteiger partial charge on any atom is -0.478 e. The standard InChI is InChI=1S/C29H32N2O3/c1-6-30(7-2)20-11-14-23-26(17-20)34-27-18-21(31(8-3)9-4)12-15-24(27)28(23)22-13-10-19(5)16-25(22)29(32)33/h10-18H,6-9H2,1-5H3/p+1. The van der Waals surface area contributed by atoms with Gasteiger partial charge in [-0.3, -0.25) is 0 Å². The highest BCUT2D eigenvalue weighted by molar-refractivity contribution is 6.07. The van der Waals surface area contributed by atoms with Crippen molar-refractivity contribution >= 4 is 22.6 Å². The molecule has 1 heterocycles. The molecule has 0 saturated carbocycles. The summed E-state index contributed by atoms with van der Waals surface area (Å²) >= 11 is 0. The molecule has 2 aliphatic rings. The Bertz CT molecular complexity index is 1390. The molecule has 2 aromatic carbocycles. The SMILES string of the molecule is CCN(CC)c1ccc2c(-c3ccc(C)cc3C(=O)O)c3ccc(=[N+](CC)CC)cc-3oc2c1. The molecule has 5 heteroatoms. The van der Waals surface area contributed by atoms with E-state index in [1.54, 1.807) is 6.07 Å². The molecule has 34 heavy (non-hydrogen) atoms. The first kappa shape index (κ1) is 23.6. The summed E-state index contributed by atoms with van der Waals surface area (Å²) in [5, 5.41) is 12.0. The number of carbonyl (C=O) groups is 1. The lowest BCUT2D eigenvalue weighted by atomic mass is 9.90. The summed E-state index contributed by atoms with van der Waals surface area (Å²) in [4.78, 5) is 14.5. The van der Waals surface area contributed by atoms with Gasteiger partial charge in [0.2, 0.25) is 5.36 Å². The maximum Gasteiger partial charge on any atom is 0.336 e. The average Bonchev–Trinajstić information content (AvgIpc) is 2.84. The summed E-state index contributed by atoms with van der Waals surface area (Å²) in [7, 11) is 0. The van der Waals surface area contributed by atoms with Crippen LogP contribution in [0.3, 0.4) is 0 Å². The largest absolute Gasteiger partial charge is 0.478 e. The lowest BCUT2D eigenvalue weighted by molar-refractivity contribution is 0.0697. The lowest BCUT2D eigenvalue weighted by Gasteiger charge is -2.22. The van der Waals surface area contributed by atoms with Crippen molar-refractivity contribution < 1.29 is 14.3 Å². The Morgan fingerprint density at radius 3 is 2.26 bits per heavy atom. The Morgan fingerprint density at radius 1 is 0.912 bits per heavy atom. The van der Waals surface area contributed by atoms with E-state index in [1.807, 2.05) is 19.1 Å². The summed E-state index contributed by atoms with van der Waals surface area (Å²) in [6.45, 7) is 14.1. The number of carboxylic acids is 1. The summed E-state index contributed by atoms with van der Waals surface area (Å²) in [5.41, 5.74) is 5.57. The normalized spacial score (nSPS) is 11.2. The van der Waals surface area contributed by atoms with Gasteiger partial charge in [-0.15, -0.1) is 0 Å². The molecule has 0 saturated heterocycles. The minimum atomic E-state index is -0.930. The maximum atomic E-state index is 12.2. The zero-order chi connectivity index (χ0) is 24.4. The molecular weight excluding hydrogens is 424 g/mol. The fourth-order valence-corrected chi connectivity index (χ4v) is 4.78. The summed E-state index contributed by atoms with van der Waals surface area (Å²) in [5.74, 6) is -0.180. The van der Waals surface area contributed by atoms with E-state index in [4.69, 9.17) is 4.42 Å². The second-order valence-corrected chi connectivity index (χ2v) is 8.54. The molecule has 0 spiro atoms. The first-order valence-corrected chi connectivity index (χ1v) is 12.1. The monoisotopic (exact) mass is 457 g/mol. The molecular formula is C29H33N2O3+. The zero-order valence-corrected chi connectivity index (χ0v) is 20.7. The first-order valence-electron chi connectivity index (χ1n) is 12.1. The van der Waals surface area contributed by atoms with Gasteiger partial charge in [0.05, 0.1) is 11.6 Å². The third-order valence-electron chi connectivity index (χ3n) is 6.62. The number of rotatable bonds is 7. The van der Waals surface area contributed by atoms with E-state index in [1.165, 1.54) is 0 Å². The highest BCUT2D eigenvalue weighted by Crippen LogP contribution is 2.42. The Hall–Kier alpha value is -3.60. The van der Waals surface area contributed by atoms with Crippen molar-refractivity contribution in [3.05, 3.63) is 71.1 Å². The molecule has 0 bridgehead atoms. The summed E-state index contributed by atoms with van der Waals surface area (Å²) in [6.07, 6.45) is 0. The van der Waals surface area contributed by atoms with Crippen LogP contribution in [0.5, 0.6) is 0 Å². The van der Waals surface area contributed by atoms with Crippen LogP contribution in [-0.2, 0) is 0 Å². The van der Waals surface area contributed by atoms with E-state index in [0.717, 1.165) is 70.6 Å². The molecule has 5 nitrogen and oxygen atoms in total. The Balaban J connectivity index is 2.14. The van der Waals surface area contributed by atoms with Crippen molar-refractivity contribution in [1.82, 2.24) is 4.58 Å². The Labute approximate surface area is 200 Å². The highest BCUT2D eigenvalue weighted by Gasteiger charge is 2.22. The van der Waals surface area contributed by atoms with Crippen molar-refractivity contribution in [2.75, 3.05) is 31.1 Å². The molecule has 0 atom stereocenters. The van der Waals surface area contributed by atoms with Gasteiger partial charge in [0.25, 0.3) is 0 Å². The number of carboxylic acid groups (broad SMARTS) is 1. The van der Waals surface area contributed by atoms with Gasteiger partial charge in [-0.2, -0.15) is 0 Å². The highest BCUT2D eigenvalue weighted by atomic mass is 16.4. The van der Waals surface area contributed by atoms with Gasteiger partial charge >= 0.3 is 5.97 Å². The van der Waals surface area contributed by atoms with E-state index in [9.17, 15) is 9.90 Å². The number of anilines is 1. The first-order chi connectivity index (χ1) is 16.4. The van der Waals surface area contributed by atoms with Crippen LogP contribution in [0, 0.1) is 6.92 Å². The quantitative estimate of drug-likeness (QED) is 0.279. The van der Waals surface area contributed by atoms with E-state index >= 15 is 0 Å². The van der Waals surface area contributed by atoms with Gasteiger partial charge in [0.1, 0.15) is 24.4 Å². The molecule has 176 valence electrons. The van der Waals surface area contributed by atoms with Crippen LogP contribution in [-0.4, -0.2) is 37.3 Å². The lowest BCUT2D eigenvalue weighted by Crippen LogP contribution is -2.29. The zero-order valence-electron chi connectivity index (χ0n) is 20.7. The number of hydrogen-bond acceptors (Lipinski definition) is 3. The molecule has 0 aromatic heterocycles. The fourth-order valence-electron chi connectivity index (χ4n) is 4.78. The van der Waals surface area contributed by atoms with Crippen LogP contribution in [0.25, 0.3) is 33.4 Å². The van der Waals surface area contributed by atoms with Crippen LogP contribution in [0.2, 0.25) is 0 Å². The number of aryl methyl sites for hydroxylation is 1.